The minimum absolute atomic E-state index is 0.351. The van der Waals surface area contributed by atoms with E-state index in [-0.39, 0.29) is 0 Å². The van der Waals surface area contributed by atoms with E-state index in [1.807, 2.05) is 7.05 Å². The van der Waals surface area contributed by atoms with Gasteiger partial charge in [-0.2, -0.15) is 0 Å². The summed E-state index contributed by atoms with van der Waals surface area (Å²) in [6.07, 6.45) is 8.65. The van der Waals surface area contributed by atoms with Gasteiger partial charge in [-0.15, -0.1) is 0 Å². The molecule has 1 aliphatic rings. The Labute approximate surface area is 90.1 Å². The van der Waals surface area contributed by atoms with Crippen molar-refractivity contribution in [3.8, 4) is 5.88 Å². The Morgan fingerprint density at radius 2 is 2.20 bits per heavy atom. The van der Waals surface area contributed by atoms with Crippen molar-refractivity contribution in [2.75, 3.05) is 7.05 Å². The maximum absolute atomic E-state index is 5.76. The summed E-state index contributed by atoms with van der Waals surface area (Å²) in [6.45, 7) is 0.731. The number of nitrogens with one attached hydrogen (secondary N) is 1. The summed E-state index contributed by atoms with van der Waals surface area (Å²) in [4.78, 5) is 8.50. The molecule has 0 aromatic carbocycles. The highest BCUT2D eigenvalue weighted by Gasteiger charge is 2.17. The summed E-state index contributed by atoms with van der Waals surface area (Å²) in [7, 11) is 1.90. The molecule has 0 amide bonds. The van der Waals surface area contributed by atoms with Gasteiger partial charge in [-0.25, -0.2) is 4.98 Å². The lowest BCUT2D eigenvalue weighted by Crippen LogP contribution is -2.13. The summed E-state index contributed by atoms with van der Waals surface area (Å²) >= 11 is 0. The zero-order valence-electron chi connectivity index (χ0n) is 9.07. The lowest BCUT2D eigenvalue weighted by Gasteiger charge is -2.11. The average molecular weight is 207 g/mol. The van der Waals surface area contributed by atoms with Gasteiger partial charge in [-0.3, -0.25) is 4.98 Å². The smallest absolute Gasteiger partial charge is 0.232 e. The molecular formula is C11H17N3O. The van der Waals surface area contributed by atoms with Crippen molar-refractivity contribution >= 4 is 0 Å². The highest BCUT2D eigenvalue weighted by Crippen LogP contribution is 2.22. The van der Waals surface area contributed by atoms with E-state index in [2.05, 4.69) is 15.3 Å². The van der Waals surface area contributed by atoms with Crippen molar-refractivity contribution in [2.24, 2.45) is 0 Å². The van der Waals surface area contributed by atoms with Crippen molar-refractivity contribution in [1.82, 2.24) is 15.3 Å². The van der Waals surface area contributed by atoms with Crippen LogP contribution < -0.4 is 10.1 Å². The number of nitrogens with zero attached hydrogens (tertiary/aromatic N) is 2. The monoisotopic (exact) mass is 207 g/mol. The second kappa shape index (κ2) is 5.07. The standard InChI is InChI=1S/C11H17N3O/c1-12-6-9-7-13-8-11(14-9)15-10-4-2-3-5-10/h7-8,10,12H,2-6H2,1H3. The third-order valence-electron chi connectivity index (χ3n) is 2.61. The minimum atomic E-state index is 0.351. The van der Waals surface area contributed by atoms with Crippen LogP contribution in [0.5, 0.6) is 5.88 Å². The van der Waals surface area contributed by atoms with Gasteiger partial charge < -0.3 is 10.1 Å². The van der Waals surface area contributed by atoms with E-state index in [0.29, 0.717) is 12.0 Å². The second-order valence-electron chi connectivity index (χ2n) is 3.90. The summed E-state index contributed by atoms with van der Waals surface area (Å²) in [5.41, 5.74) is 0.924. The van der Waals surface area contributed by atoms with Gasteiger partial charge in [0.05, 0.1) is 11.9 Å². The zero-order chi connectivity index (χ0) is 10.5. The largest absolute Gasteiger partial charge is 0.473 e. The van der Waals surface area contributed by atoms with Gasteiger partial charge >= 0.3 is 0 Å². The SMILES string of the molecule is CNCc1cncc(OC2CCCC2)n1. The molecule has 0 aliphatic heterocycles. The van der Waals surface area contributed by atoms with Gasteiger partial charge in [0.2, 0.25) is 5.88 Å². The lowest BCUT2D eigenvalue weighted by molar-refractivity contribution is 0.200. The summed E-state index contributed by atoms with van der Waals surface area (Å²) in [5, 5.41) is 3.05. The van der Waals surface area contributed by atoms with E-state index < -0.39 is 0 Å². The molecule has 1 N–H and O–H groups in total. The fraction of sp³-hybridized carbons (Fsp3) is 0.636. The van der Waals surface area contributed by atoms with Gasteiger partial charge in [-0.1, -0.05) is 0 Å². The fourth-order valence-electron chi connectivity index (χ4n) is 1.89. The van der Waals surface area contributed by atoms with Crippen LogP contribution in [-0.2, 0) is 6.54 Å². The van der Waals surface area contributed by atoms with Crippen LogP contribution in [0.15, 0.2) is 12.4 Å². The van der Waals surface area contributed by atoms with E-state index >= 15 is 0 Å². The van der Waals surface area contributed by atoms with Gasteiger partial charge in [0.1, 0.15) is 6.10 Å². The lowest BCUT2D eigenvalue weighted by atomic mass is 10.3. The van der Waals surface area contributed by atoms with E-state index in [9.17, 15) is 0 Å². The summed E-state index contributed by atoms with van der Waals surface area (Å²) in [6, 6.07) is 0. The van der Waals surface area contributed by atoms with E-state index in [0.717, 1.165) is 25.1 Å². The maximum atomic E-state index is 5.76. The molecule has 1 aromatic heterocycles. The first-order valence-electron chi connectivity index (χ1n) is 5.50. The minimum Gasteiger partial charge on any atom is -0.473 e. The van der Waals surface area contributed by atoms with Crippen molar-refractivity contribution in [1.29, 1.82) is 0 Å². The third kappa shape index (κ3) is 2.89. The Hall–Kier alpha value is -1.16. The topological polar surface area (TPSA) is 47.0 Å². The highest BCUT2D eigenvalue weighted by molar-refractivity contribution is 5.08. The van der Waals surface area contributed by atoms with E-state index in [4.69, 9.17) is 4.74 Å². The molecule has 1 aromatic rings. The quantitative estimate of drug-likeness (QED) is 0.813. The number of hydrogen-bond acceptors (Lipinski definition) is 4. The maximum Gasteiger partial charge on any atom is 0.232 e. The molecule has 0 spiro atoms. The van der Waals surface area contributed by atoms with Crippen LogP contribution >= 0.6 is 0 Å². The predicted molar refractivity (Wildman–Crippen MR) is 57.7 cm³/mol. The molecule has 4 heteroatoms. The average Bonchev–Trinajstić information content (AvgIpc) is 2.71. The number of aromatic nitrogens is 2. The molecule has 0 bridgehead atoms. The molecule has 2 rings (SSSR count). The molecule has 1 fully saturated rings. The third-order valence-corrected chi connectivity index (χ3v) is 2.61. The first-order chi connectivity index (χ1) is 7.38. The van der Waals surface area contributed by atoms with E-state index in [1.165, 1.54) is 12.8 Å². The van der Waals surface area contributed by atoms with Crippen molar-refractivity contribution in [3.05, 3.63) is 18.1 Å². The van der Waals surface area contributed by atoms with Gasteiger partial charge in [-0.05, 0) is 32.7 Å². The molecule has 0 saturated heterocycles. The Morgan fingerprint density at radius 1 is 1.40 bits per heavy atom. The molecule has 4 nitrogen and oxygen atoms in total. The van der Waals surface area contributed by atoms with Crippen LogP contribution in [0.1, 0.15) is 31.4 Å². The molecule has 0 radical (unpaired) electrons. The highest BCUT2D eigenvalue weighted by atomic mass is 16.5. The Bertz CT molecular complexity index is 310. The summed E-state index contributed by atoms with van der Waals surface area (Å²) < 4.78 is 5.76. The molecule has 1 aliphatic carbocycles. The van der Waals surface area contributed by atoms with Crippen molar-refractivity contribution < 1.29 is 4.74 Å². The van der Waals surface area contributed by atoms with Crippen molar-refractivity contribution in [2.45, 2.75) is 38.3 Å². The number of rotatable bonds is 4. The predicted octanol–water partition coefficient (Wildman–Crippen LogP) is 1.52. The molecule has 82 valence electrons. The number of ether oxygens (including phenoxy) is 1. The van der Waals surface area contributed by atoms with Gasteiger partial charge in [0.25, 0.3) is 0 Å². The second-order valence-corrected chi connectivity index (χ2v) is 3.90. The first kappa shape index (κ1) is 10.4. The Morgan fingerprint density at radius 3 is 2.93 bits per heavy atom. The van der Waals surface area contributed by atoms with Gasteiger partial charge in [0.15, 0.2) is 0 Å². The molecule has 0 atom stereocenters. The van der Waals surface area contributed by atoms with Crippen LogP contribution in [0, 0.1) is 0 Å². The Balaban J connectivity index is 1.97. The van der Waals surface area contributed by atoms with Crippen LogP contribution in [0.2, 0.25) is 0 Å². The molecule has 15 heavy (non-hydrogen) atoms. The molecule has 0 unspecified atom stereocenters. The molecule has 1 heterocycles. The Kier molecular flexibility index (Phi) is 3.50. The normalized spacial score (nSPS) is 16.9. The first-order valence-corrected chi connectivity index (χ1v) is 5.50. The van der Waals surface area contributed by atoms with Gasteiger partial charge in [0, 0.05) is 12.7 Å². The molecule has 1 saturated carbocycles. The zero-order valence-corrected chi connectivity index (χ0v) is 9.07. The van der Waals surface area contributed by atoms with Crippen LogP contribution in [-0.4, -0.2) is 23.1 Å². The van der Waals surface area contributed by atoms with Crippen LogP contribution in [0.25, 0.3) is 0 Å². The van der Waals surface area contributed by atoms with E-state index in [1.54, 1.807) is 12.4 Å². The van der Waals surface area contributed by atoms with Crippen LogP contribution in [0.4, 0.5) is 0 Å². The molecular weight excluding hydrogens is 190 g/mol. The van der Waals surface area contributed by atoms with Crippen molar-refractivity contribution in [3.63, 3.8) is 0 Å². The fourth-order valence-corrected chi connectivity index (χ4v) is 1.89. The number of hydrogen-bond donors (Lipinski definition) is 1. The summed E-state index contributed by atoms with van der Waals surface area (Å²) in [5.74, 6) is 0.662. The van der Waals surface area contributed by atoms with Crippen LogP contribution in [0.3, 0.4) is 0 Å².